The molecule has 2 heteroatoms. The molecule has 19 heavy (non-hydrogen) atoms. The van der Waals surface area contributed by atoms with Gasteiger partial charge in [-0.15, -0.1) is 0 Å². The van der Waals surface area contributed by atoms with Crippen molar-refractivity contribution in [3.8, 4) is 0 Å². The molecular weight excluding hydrogens is 237 g/mol. The van der Waals surface area contributed by atoms with Gasteiger partial charge < -0.3 is 5.32 Å². The minimum Gasteiger partial charge on any atom is -0.311 e. The lowest BCUT2D eigenvalue weighted by Gasteiger charge is -2.38. The maximum atomic E-state index is 12.9. The molecule has 0 aliphatic heterocycles. The van der Waals surface area contributed by atoms with Crippen LogP contribution in [0.5, 0.6) is 0 Å². The van der Waals surface area contributed by atoms with Crippen molar-refractivity contribution in [1.82, 2.24) is 5.32 Å². The van der Waals surface area contributed by atoms with E-state index in [1.54, 1.807) is 12.1 Å². The number of halogens is 1. The molecule has 0 aromatic heterocycles. The van der Waals surface area contributed by atoms with Crippen molar-refractivity contribution in [2.75, 3.05) is 0 Å². The molecule has 0 radical (unpaired) electrons. The first-order chi connectivity index (χ1) is 9.31. The van der Waals surface area contributed by atoms with Crippen LogP contribution in [-0.2, 0) is 0 Å². The van der Waals surface area contributed by atoms with Crippen molar-refractivity contribution in [2.24, 2.45) is 0 Å². The lowest BCUT2D eigenvalue weighted by Crippen LogP contribution is -2.45. The zero-order chi connectivity index (χ0) is 13.1. The Labute approximate surface area is 115 Å². The monoisotopic (exact) mass is 261 g/mol. The third-order valence-corrected chi connectivity index (χ3v) is 4.81. The fourth-order valence-corrected chi connectivity index (χ4v) is 3.54. The van der Waals surface area contributed by atoms with E-state index in [4.69, 9.17) is 0 Å². The highest BCUT2D eigenvalue weighted by Crippen LogP contribution is 2.37. The minimum absolute atomic E-state index is 0.129. The molecule has 2 saturated carbocycles. The minimum atomic E-state index is -0.129. The first-order valence-electron chi connectivity index (χ1n) is 7.83. The Morgan fingerprint density at radius 1 is 0.842 bits per heavy atom. The zero-order valence-corrected chi connectivity index (χ0v) is 11.6. The van der Waals surface area contributed by atoms with Crippen molar-refractivity contribution < 1.29 is 4.39 Å². The van der Waals surface area contributed by atoms with Crippen molar-refractivity contribution in [3.05, 3.63) is 35.6 Å². The van der Waals surface area contributed by atoms with Crippen molar-refractivity contribution in [1.29, 1.82) is 0 Å². The van der Waals surface area contributed by atoms with E-state index >= 15 is 0 Å². The molecule has 3 rings (SSSR count). The molecule has 2 aliphatic carbocycles. The fourth-order valence-electron chi connectivity index (χ4n) is 3.54. The smallest absolute Gasteiger partial charge is 0.123 e. The standard InChI is InChI=1S/C17H24FN/c18-15-9-7-13(8-10-15)14-11-17(12-14)19-16-5-3-1-2-4-6-16/h7-10,14,16-17,19H,1-6,11-12H2. The van der Waals surface area contributed by atoms with Gasteiger partial charge in [-0.1, -0.05) is 37.8 Å². The van der Waals surface area contributed by atoms with Gasteiger partial charge in [0.1, 0.15) is 5.82 Å². The maximum absolute atomic E-state index is 12.9. The molecule has 1 aromatic rings. The lowest BCUT2D eigenvalue weighted by molar-refractivity contribution is 0.254. The first-order valence-corrected chi connectivity index (χ1v) is 7.83. The molecule has 0 atom stereocenters. The Hall–Kier alpha value is -0.890. The zero-order valence-electron chi connectivity index (χ0n) is 11.6. The first kappa shape index (κ1) is 13.1. The summed E-state index contributed by atoms with van der Waals surface area (Å²) in [5.74, 6) is 0.514. The Bertz CT molecular complexity index is 386. The third kappa shape index (κ3) is 3.36. The Kier molecular flexibility index (Phi) is 4.17. The molecule has 1 nitrogen and oxygen atoms in total. The van der Waals surface area contributed by atoms with E-state index in [2.05, 4.69) is 5.32 Å². The number of hydrogen-bond acceptors (Lipinski definition) is 1. The fraction of sp³-hybridized carbons (Fsp3) is 0.647. The van der Waals surface area contributed by atoms with E-state index in [1.165, 1.54) is 56.9 Å². The van der Waals surface area contributed by atoms with Gasteiger partial charge in [0, 0.05) is 12.1 Å². The molecule has 2 fully saturated rings. The van der Waals surface area contributed by atoms with Crippen molar-refractivity contribution >= 4 is 0 Å². The van der Waals surface area contributed by atoms with E-state index < -0.39 is 0 Å². The molecule has 0 bridgehead atoms. The van der Waals surface area contributed by atoms with Crippen molar-refractivity contribution in [3.63, 3.8) is 0 Å². The van der Waals surface area contributed by atoms with Gasteiger partial charge in [-0.2, -0.15) is 0 Å². The van der Waals surface area contributed by atoms with E-state index in [-0.39, 0.29) is 5.82 Å². The third-order valence-electron chi connectivity index (χ3n) is 4.81. The summed E-state index contributed by atoms with van der Waals surface area (Å²) in [6.45, 7) is 0. The summed E-state index contributed by atoms with van der Waals surface area (Å²) in [4.78, 5) is 0. The highest BCUT2D eigenvalue weighted by atomic mass is 19.1. The predicted molar refractivity (Wildman–Crippen MR) is 76.8 cm³/mol. The second kappa shape index (κ2) is 6.04. The number of rotatable bonds is 3. The van der Waals surface area contributed by atoms with E-state index in [0.29, 0.717) is 12.0 Å². The van der Waals surface area contributed by atoms with Crippen molar-refractivity contribution in [2.45, 2.75) is 69.4 Å². The predicted octanol–water partition coefficient (Wildman–Crippen LogP) is 4.38. The number of benzene rings is 1. The van der Waals surface area contributed by atoms with Gasteiger partial charge in [0.2, 0.25) is 0 Å². The van der Waals surface area contributed by atoms with Crippen LogP contribution in [0.1, 0.15) is 62.8 Å². The van der Waals surface area contributed by atoms with Crippen LogP contribution in [0.25, 0.3) is 0 Å². The average Bonchev–Trinajstić information content (AvgIpc) is 2.63. The molecule has 0 spiro atoms. The van der Waals surface area contributed by atoms with E-state index in [0.717, 1.165) is 6.04 Å². The van der Waals surface area contributed by atoms with Crippen LogP contribution in [0.15, 0.2) is 24.3 Å². The summed E-state index contributed by atoms with van der Waals surface area (Å²) in [5.41, 5.74) is 1.31. The summed E-state index contributed by atoms with van der Waals surface area (Å²) in [6.07, 6.45) is 10.8. The van der Waals surface area contributed by atoms with Crippen LogP contribution in [-0.4, -0.2) is 12.1 Å². The molecule has 0 saturated heterocycles. The van der Waals surface area contributed by atoms with Gasteiger partial charge in [0.05, 0.1) is 0 Å². The topological polar surface area (TPSA) is 12.0 Å². The van der Waals surface area contributed by atoms with Gasteiger partial charge in [0.25, 0.3) is 0 Å². The van der Waals surface area contributed by atoms with E-state index in [9.17, 15) is 4.39 Å². The lowest BCUT2D eigenvalue weighted by atomic mass is 9.75. The van der Waals surface area contributed by atoms with Crippen LogP contribution in [0.4, 0.5) is 4.39 Å². The molecule has 104 valence electrons. The van der Waals surface area contributed by atoms with Crippen LogP contribution < -0.4 is 5.32 Å². The van der Waals surface area contributed by atoms with Gasteiger partial charge in [-0.3, -0.25) is 0 Å². The van der Waals surface area contributed by atoms with E-state index in [1.807, 2.05) is 12.1 Å². The molecule has 0 heterocycles. The second-order valence-electron chi connectivity index (χ2n) is 6.27. The normalized spacial score (nSPS) is 28.7. The largest absolute Gasteiger partial charge is 0.311 e. The second-order valence-corrected chi connectivity index (χ2v) is 6.27. The maximum Gasteiger partial charge on any atom is 0.123 e. The number of hydrogen-bond donors (Lipinski definition) is 1. The quantitative estimate of drug-likeness (QED) is 0.796. The molecule has 1 N–H and O–H groups in total. The van der Waals surface area contributed by atoms with Gasteiger partial charge in [-0.05, 0) is 49.3 Å². The molecule has 1 aromatic carbocycles. The van der Waals surface area contributed by atoms with Crippen LogP contribution in [0.3, 0.4) is 0 Å². The van der Waals surface area contributed by atoms with Gasteiger partial charge in [-0.25, -0.2) is 4.39 Å². The summed E-state index contributed by atoms with van der Waals surface area (Å²) >= 11 is 0. The summed E-state index contributed by atoms with van der Waals surface area (Å²) in [6, 6.07) is 8.51. The highest BCUT2D eigenvalue weighted by Gasteiger charge is 2.31. The Morgan fingerprint density at radius 2 is 1.47 bits per heavy atom. The molecule has 2 aliphatic rings. The molecule has 0 amide bonds. The SMILES string of the molecule is Fc1ccc(C2CC(NC3CCCCCC3)C2)cc1. The van der Waals surface area contributed by atoms with Crippen LogP contribution in [0.2, 0.25) is 0 Å². The molecule has 0 unspecified atom stereocenters. The Morgan fingerprint density at radius 3 is 2.11 bits per heavy atom. The average molecular weight is 261 g/mol. The number of nitrogens with one attached hydrogen (secondary N) is 1. The summed E-state index contributed by atoms with van der Waals surface area (Å²) < 4.78 is 12.9. The van der Waals surface area contributed by atoms with Crippen LogP contribution in [0, 0.1) is 5.82 Å². The van der Waals surface area contributed by atoms with Gasteiger partial charge >= 0.3 is 0 Å². The Balaban J connectivity index is 1.45. The summed E-state index contributed by atoms with van der Waals surface area (Å²) in [5, 5.41) is 3.83. The summed E-state index contributed by atoms with van der Waals surface area (Å²) in [7, 11) is 0. The highest BCUT2D eigenvalue weighted by molar-refractivity contribution is 5.23. The van der Waals surface area contributed by atoms with Gasteiger partial charge in [0.15, 0.2) is 0 Å². The molecular formula is C17H24FN. The van der Waals surface area contributed by atoms with Crippen LogP contribution >= 0.6 is 0 Å².